The van der Waals surface area contributed by atoms with Crippen molar-refractivity contribution < 1.29 is 9.64 Å². The molecule has 0 atom stereocenters. The molecule has 3 nitrogen and oxygen atoms in total. The molecule has 0 radical (unpaired) electrons. The monoisotopic (exact) mass is 300 g/mol. The highest BCUT2D eigenvalue weighted by Crippen LogP contribution is 2.16. The van der Waals surface area contributed by atoms with E-state index >= 15 is 0 Å². The van der Waals surface area contributed by atoms with Gasteiger partial charge in [0.05, 0.1) is 26.7 Å². The number of hydrogen-bond donors (Lipinski definition) is 2. The first-order valence-electron chi connectivity index (χ1n) is 6.52. The summed E-state index contributed by atoms with van der Waals surface area (Å²) in [6.07, 6.45) is 0. The summed E-state index contributed by atoms with van der Waals surface area (Å²) in [5.74, 6) is 0.784. The van der Waals surface area contributed by atoms with E-state index in [1.165, 1.54) is 19.6 Å². The smallest absolute Gasteiger partial charge is 0.120 e. The van der Waals surface area contributed by atoms with Crippen LogP contribution in [0.2, 0.25) is 0 Å². The fourth-order valence-corrected chi connectivity index (χ4v) is 1.80. The summed E-state index contributed by atoms with van der Waals surface area (Å²) in [4.78, 5) is 1.68. The van der Waals surface area contributed by atoms with Crippen LogP contribution in [0.1, 0.15) is 20.8 Å². The maximum atomic E-state index is 5.02. The number of quaternary nitrogens is 1. The van der Waals surface area contributed by atoms with Gasteiger partial charge in [-0.25, -0.2) is 0 Å². The van der Waals surface area contributed by atoms with Crippen LogP contribution < -0.4 is 15.0 Å². The molecule has 0 saturated carbocycles. The van der Waals surface area contributed by atoms with E-state index in [2.05, 4.69) is 26.1 Å². The Balaban J connectivity index is 0.000000399. The number of rotatable bonds is 5. The Hall–Kier alpha value is -0.910. The minimum atomic E-state index is 0.336. The molecule has 1 aromatic rings. The van der Waals surface area contributed by atoms with Crippen molar-refractivity contribution in [1.29, 1.82) is 0 Å². The number of ether oxygens (including phenoxy) is 1. The summed E-state index contributed by atoms with van der Waals surface area (Å²) in [5.41, 5.74) is 0.856. The lowest BCUT2D eigenvalue weighted by atomic mass is 10.3. The van der Waals surface area contributed by atoms with Gasteiger partial charge < -0.3 is 39.8 Å². The Morgan fingerprint density at radius 1 is 1.26 bits per heavy atom. The van der Waals surface area contributed by atoms with Crippen molar-refractivity contribution in [1.82, 2.24) is 0 Å². The lowest BCUT2D eigenvalue weighted by Crippen LogP contribution is -3.11. The molecule has 0 heterocycles. The summed E-state index contributed by atoms with van der Waals surface area (Å²) in [6.45, 7) is 10.5. The molecule has 0 aliphatic heterocycles. The van der Waals surface area contributed by atoms with Crippen LogP contribution in [-0.4, -0.2) is 31.1 Å². The van der Waals surface area contributed by atoms with Gasteiger partial charge >= 0.3 is 0 Å². The van der Waals surface area contributed by atoms with Crippen LogP contribution in [0.5, 0.6) is 5.75 Å². The Morgan fingerprint density at radius 2 is 1.84 bits per heavy atom. The summed E-state index contributed by atoms with van der Waals surface area (Å²) in [5, 5.41) is 2.85. The van der Waals surface area contributed by atoms with Crippen molar-refractivity contribution in [2.75, 3.05) is 32.1 Å². The van der Waals surface area contributed by atoms with Gasteiger partial charge in [-0.3, -0.25) is 0 Å². The second-order valence-electron chi connectivity index (χ2n) is 3.96. The lowest BCUT2D eigenvalue weighted by molar-refractivity contribution is -0.894. The first kappa shape index (κ1) is 18.1. The zero-order valence-electron chi connectivity index (χ0n) is 12.2. The van der Waals surface area contributed by atoms with Crippen molar-refractivity contribution in [2.45, 2.75) is 20.8 Å². The lowest BCUT2D eigenvalue weighted by Gasteiger charge is -2.10. The molecule has 0 fully saturated rings. The maximum absolute atomic E-state index is 5.02. The molecule has 0 bridgehead atoms. The molecule has 0 amide bonds. The molecule has 0 unspecified atom stereocenters. The number of nitrogens with one attached hydrogen (secondary N) is 2. The predicted octanol–water partition coefficient (Wildman–Crippen LogP) is 1.87. The first-order chi connectivity index (χ1) is 9.07. The zero-order valence-corrected chi connectivity index (χ0v) is 13.8. The molecule has 0 aliphatic carbocycles. The van der Waals surface area contributed by atoms with Crippen molar-refractivity contribution in [3.8, 4) is 5.75 Å². The highest BCUT2D eigenvalue weighted by Gasteiger charge is 1.93. The molecule has 1 aromatic carbocycles. The third-order valence-corrected chi connectivity index (χ3v) is 3.02. The molecule has 0 aliphatic rings. The standard InChI is InChI=1S/C8H9NOS2.C6H15N/c1-10-7-4-2-3-6(5-7)9-8(11)12;1-4-7(5-2)6-3/h2-5H,1H3,(H2,9,11,12);4-6H2,1-3H3. The van der Waals surface area contributed by atoms with Crippen LogP contribution in [0.3, 0.4) is 0 Å². The Bertz CT molecular complexity index is 363. The highest BCUT2D eigenvalue weighted by atomic mass is 32.1. The van der Waals surface area contributed by atoms with Crippen molar-refractivity contribution >= 4 is 34.9 Å². The summed E-state index contributed by atoms with van der Waals surface area (Å²) in [7, 11) is 1.62. The van der Waals surface area contributed by atoms with E-state index in [4.69, 9.17) is 29.6 Å². The molecule has 19 heavy (non-hydrogen) atoms. The normalized spacial score (nSPS) is 9.53. The summed E-state index contributed by atoms with van der Waals surface area (Å²) >= 11 is 9.44. The number of benzene rings is 1. The number of anilines is 1. The highest BCUT2D eigenvalue weighted by molar-refractivity contribution is 8.00. The van der Waals surface area contributed by atoms with Crippen LogP contribution in [0, 0.1) is 0 Å². The van der Waals surface area contributed by atoms with Gasteiger partial charge in [0.2, 0.25) is 0 Å². The first-order valence-corrected chi connectivity index (χ1v) is 7.34. The van der Waals surface area contributed by atoms with Crippen molar-refractivity contribution in [2.24, 2.45) is 0 Å². The Kier molecular flexibility index (Phi) is 10.4. The second-order valence-corrected chi connectivity index (χ2v) is 5.03. The van der Waals surface area contributed by atoms with E-state index in [-0.39, 0.29) is 0 Å². The average molecular weight is 300 g/mol. The quantitative estimate of drug-likeness (QED) is 0.641. The van der Waals surface area contributed by atoms with Crippen LogP contribution >= 0.6 is 12.2 Å². The summed E-state index contributed by atoms with van der Waals surface area (Å²) in [6, 6.07) is 7.44. The third kappa shape index (κ3) is 8.75. The van der Waals surface area contributed by atoms with Gasteiger partial charge in [-0.05, 0) is 32.9 Å². The molecule has 0 saturated heterocycles. The molecular formula is C14H24N2OS2. The van der Waals surface area contributed by atoms with Crippen molar-refractivity contribution in [3.05, 3.63) is 24.3 Å². The van der Waals surface area contributed by atoms with Crippen LogP contribution in [-0.2, 0) is 12.6 Å². The third-order valence-electron chi connectivity index (χ3n) is 2.82. The molecule has 5 heteroatoms. The number of methoxy groups -OCH3 is 1. The Labute approximate surface area is 127 Å². The van der Waals surface area contributed by atoms with Crippen LogP contribution in [0.25, 0.3) is 0 Å². The molecule has 0 spiro atoms. The number of hydrogen-bond acceptors (Lipinski definition) is 3. The van der Waals surface area contributed by atoms with E-state index in [0.29, 0.717) is 4.32 Å². The van der Waals surface area contributed by atoms with Gasteiger partial charge in [0, 0.05) is 11.8 Å². The minimum Gasteiger partial charge on any atom is -0.497 e. The van der Waals surface area contributed by atoms with Crippen molar-refractivity contribution in [3.63, 3.8) is 0 Å². The maximum Gasteiger partial charge on any atom is 0.120 e. The topological polar surface area (TPSA) is 25.7 Å². The van der Waals surface area contributed by atoms with Gasteiger partial charge in [0.1, 0.15) is 5.75 Å². The van der Waals surface area contributed by atoms with Gasteiger partial charge in [-0.15, -0.1) is 0 Å². The molecule has 1 rings (SSSR count). The number of thiocarbonyl (C=S) groups is 1. The van der Waals surface area contributed by atoms with Gasteiger partial charge in [-0.1, -0.05) is 10.4 Å². The van der Waals surface area contributed by atoms with E-state index < -0.39 is 0 Å². The largest absolute Gasteiger partial charge is 0.497 e. The van der Waals surface area contributed by atoms with E-state index in [1.807, 2.05) is 24.3 Å². The fraction of sp³-hybridized carbons (Fsp3) is 0.500. The second kappa shape index (κ2) is 11.0. The zero-order chi connectivity index (χ0) is 14.7. The molecule has 0 aromatic heterocycles. The minimum absolute atomic E-state index is 0.336. The predicted molar refractivity (Wildman–Crippen MR) is 89.2 cm³/mol. The van der Waals surface area contributed by atoms with Gasteiger partial charge in [-0.2, -0.15) is 0 Å². The molecule has 2 N–H and O–H groups in total. The van der Waals surface area contributed by atoms with Crippen LogP contribution in [0.4, 0.5) is 5.69 Å². The van der Waals surface area contributed by atoms with E-state index in [9.17, 15) is 0 Å². The van der Waals surface area contributed by atoms with Crippen LogP contribution in [0.15, 0.2) is 24.3 Å². The van der Waals surface area contributed by atoms with E-state index in [0.717, 1.165) is 11.4 Å². The van der Waals surface area contributed by atoms with E-state index in [1.54, 1.807) is 12.0 Å². The average Bonchev–Trinajstić information content (AvgIpc) is 2.41. The Morgan fingerprint density at radius 3 is 2.21 bits per heavy atom. The summed E-state index contributed by atoms with van der Waals surface area (Å²) < 4.78 is 5.36. The molecular weight excluding hydrogens is 276 g/mol. The molecule has 108 valence electrons. The van der Waals surface area contributed by atoms with Gasteiger partial charge in [0.15, 0.2) is 0 Å². The fourth-order valence-electron chi connectivity index (χ4n) is 1.57. The van der Waals surface area contributed by atoms with Gasteiger partial charge in [0.25, 0.3) is 0 Å². The SMILES string of the molecule is CC[NH+](CC)CC.COc1cccc(NC(=S)[S-])c1.